The molecule has 0 bridgehead atoms. The Morgan fingerprint density at radius 1 is 1.09 bits per heavy atom. The number of aliphatic hydroxyl groups is 1. The van der Waals surface area contributed by atoms with Crippen LogP contribution < -0.4 is 5.73 Å². The van der Waals surface area contributed by atoms with Crippen molar-refractivity contribution >= 4 is 11.9 Å². The number of rotatable bonds is 6. The molecule has 2 aromatic carbocycles. The van der Waals surface area contributed by atoms with E-state index >= 15 is 0 Å². The molecule has 1 saturated heterocycles. The molecule has 2 atom stereocenters. The molecule has 2 fully saturated rings. The van der Waals surface area contributed by atoms with E-state index in [4.69, 9.17) is 10.5 Å². The molecule has 4 rings (SSSR count). The van der Waals surface area contributed by atoms with Gasteiger partial charge in [-0.25, -0.2) is 9.79 Å². The lowest BCUT2D eigenvalue weighted by atomic mass is 9.80. The Balaban J connectivity index is 1.39. The van der Waals surface area contributed by atoms with Crippen molar-refractivity contribution in [3.63, 3.8) is 0 Å². The van der Waals surface area contributed by atoms with E-state index in [9.17, 15) is 15.0 Å². The standard InChI is InChI=1S/C25H31N3O4/c26-24(27-16-18-10-12-21(29)13-11-18)28-15-14-22(17-28)32-23(30)25(31,20-8-4-5-9-20)19-6-2-1-3-7-19/h1-3,6-7,10-13,20,22,29,31H,4-5,8-9,14-17H2,(H2,26,27)/t22-,25+/m1/s1. The molecule has 1 saturated carbocycles. The van der Waals surface area contributed by atoms with Crippen LogP contribution in [0.1, 0.15) is 43.2 Å². The molecular weight excluding hydrogens is 406 g/mol. The van der Waals surface area contributed by atoms with Crippen LogP contribution in [-0.4, -0.2) is 46.2 Å². The van der Waals surface area contributed by atoms with Crippen molar-refractivity contribution < 1.29 is 19.7 Å². The molecule has 0 aromatic heterocycles. The molecule has 0 unspecified atom stereocenters. The number of esters is 1. The summed E-state index contributed by atoms with van der Waals surface area (Å²) in [5.74, 6) is -0.0948. The first-order valence-electron chi connectivity index (χ1n) is 11.3. The number of ether oxygens (including phenoxy) is 1. The maximum atomic E-state index is 13.3. The quantitative estimate of drug-likeness (QED) is 0.364. The third-order valence-electron chi connectivity index (χ3n) is 6.57. The maximum Gasteiger partial charge on any atom is 0.343 e. The van der Waals surface area contributed by atoms with E-state index in [0.717, 1.165) is 31.2 Å². The first-order chi connectivity index (χ1) is 15.5. The Hall–Kier alpha value is -3.06. The molecule has 2 aliphatic rings. The van der Waals surface area contributed by atoms with Gasteiger partial charge in [-0.15, -0.1) is 0 Å². The number of nitrogens with two attached hydrogens (primary N) is 1. The van der Waals surface area contributed by atoms with Crippen molar-refractivity contribution in [1.82, 2.24) is 4.90 Å². The highest BCUT2D eigenvalue weighted by molar-refractivity contribution is 5.82. The fourth-order valence-corrected chi connectivity index (χ4v) is 4.70. The van der Waals surface area contributed by atoms with Gasteiger partial charge in [0.2, 0.25) is 0 Å². The summed E-state index contributed by atoms with van der Waals surface area (Å²) >= 11 is 0. The summed E-state index contributed by atoms with van der Waals surface area (Å²) in [5.41, 5.74) is 6.08. The van der Waals surface area contributed by atoms with Gasteiger partial charge < -0.3 is 25.6 Å². The lowest BCUT2D eigenvalue weighted by Crippen LogP contribution is -2.45. The van der Waals surface area contributed by atoms with Crippen LogP contribution >= 0.6 is 0 Å². The number of nitrogens with zero attached hydrogens (tertiary/aromatic N) is 2. The number of carbonyl (C=O) groups is 1. The van der Waals surface area contributed by atoms with Gasteiger partial charge in [0, 0.05) is 18.9 Å². The number of aliphatic imine (C=N–C) groups is 1. The van der Waals surface area contributed by atoms with Crippen LogP contribution in [0.5, 0.6) is 5.75 Å². The second-order valence-corrected chi connectivity index (χ2v) is 8.72. The highest BCUT2D eigenvalue weighted by Crippen LogP contribution is 2.41. The fraction of sp³-hybridized carbons (Fsp3) is 0.440. The Kier molecular flexibility index (Phi) is 6.65. The van der Waals surface area contributed by atoms with Crippen LogP contribution in [0, 0.1) is 5.92 Å². The van der Waals surface area contributed by atoms with E-state index in [0.29, 0.717) is 37.6 Å². The predicted molar refractivity (Wildman–Crippen MR) is 122 cm³/mol. The van der Waals surface area contributed by atoms with Gasteiger partial charge in [-0.3, -0.25) is 0 Å². The van der Waals surface area contributed by atoms with Gasteiger partial charge in [-0.1, -0.05) is 55.3 Å². The summed E-state index contributed by atoms with van der Waals surface area (Å²) < 4.78 is 5.83. The highest BCUT2D eigenvalue weighted by atomic mass is 16.6. The van der Waals surface area contributed by atoms with Crippen molar-refractivity contribution in [2.75, 3.05) is 13.1 Å². The Morgan fingerprint density at radius 2 is 1.78 bits per heavy atom. The monoisotopic (exact) mass is 437 g/mol. The molecule has 2 aromatic rings. The lowest BCUT2D eigenvalue weighted by Gasteiger charge is -2.33. The topological polar surface area (TPSA) is 108 Å². The number of likely N-dealkylation sites (tertiary alicyclic amines) is 1. The third-order valence-corrected chi connectivity index (χ3v) is 6.57. The van der Waals surface area contributed by atoms with Crippen molar-refractivity contribution in [2.24, 2.45) is 16.6 Å². The van der Waals surface area contributed by atoms with Crippen molar-refractivity contribution in [2.45, 2.75) is 50.4 Å². The van der Waals surface area contributed by atoms with E-state index < -0.39 is 11.6 Å². The number of aromatic hydroxyl groups is 1. The summed E-state index contributed by atoms with van der Waals surface area (Å²) in [5, 5.41) is 20.9. The van der Waals surface area contributed by atoms with Gasteiger partial charge in [0.05, 0.1) is 13.1 Å². The largest absolute Gasteiger partial charge is 0.508 e. The number of hydrogen-bond donors (Lipinski definition) is 3. The van der Waals surface area contributed by atoms with E-state index in [1.807, 2.05) is 23.1 Å². The fourth-order valence-electron chi connectivity index (χ4n) is 4.70. The van der Waals surface area contributed by atoms with E-state index in [1.165, 1.54) is 0 Å². The zero-order valence-corrected chi connectivity index (χ0v) is 18.2. The second-order valence-electron chi connectivity index (χ2n) is 8.72. The third kappa shape index (κ3) is 4.72. The molecule has 7 heteroatoms. The zero-order valence-electron chi connectivity index (χ0n) is 18.2. The van der Waals surface area contributed by atoms with Crippen LogP contribution in [0.25, 0.3) is 0 Å². The van der Waals surface area contributed by atoms with Crippen LogP contribution in [0.3, 0.4) is 0 Å². The summed E-state index contributed by atoms with van der Waals surface area (Å²) in [6.07, 6.45) is 3.94. The van der Waals surface area contributed by atoms with Gasteiger partial charge in [0.25, 0.3) is 0 Å². The van der Waals surface area contributed by atoms with Crippen molar-refractivity contribution in [3.8, 4) is 5.75 Å². The normalized spacial score (nSPS) is 21.5. The van der Waals surface area contributed by atoms with Gasteiger partial charge in [-0.2, -0.15) is 0 Å². The first-order valence-corrected chi connectivity index (χ1v) is 11.3. The van der Waals surface area contributed by atoms with Crippen molar-refractivity contribution in [1.29, 1.82) is 0 Å². The van der Waals surface area contributed by atoms with Gasteiger partial charge in [0.1, 0.15) is 11.9 Å². The molecule has 1 aliphatic heterocycles. The summed E-state index contributed by atoms with van der Waals surface area (Å²) in [6, 6.07) is 16.0. The van der Waals surface area contributed by atoms with Crippen LogP contribution in [-0.2, 0) is 21.7 Å². The molecule has 0 amide bonds. The molecule has 32 heavy (non-hydrogen) atoms. The van der Waals surface area contributed by atoms with Crippen LogP contribution in [0.2, 0.25) is 0 Å². The minimum Gasteiger partial charge on any atom is -0.508 e. The highest BCUT2D eigenvalue weighted by Gasteiger charge is 2.48. The average Bonchev–Trinajstić information content (AvgIpc) is 3.51. The molecule has 170 valence electrons. The van der Waals surface area contributed by atoms with Gasteiger partial charge in [-0.05, 0) is 36.1 Å². The Bertz CT molecular complexity index is 941. The van der Waals surface area contributed by atoms with Crippen molar-refractivity contribution in [3.05, 3.63) is 65.7 Å². The summed E-state index contributed by atoms with van der Waals surface area (Å²) in [6.45, 7) is 1.49. The summed E-state index contributed by atoms with van der Waals surface area (Å²) in [7, 11) is 0. The summed E-state index contributed by atoms with van der Waals surface area (Å²) in [4.78, 5) is 19.6. The number of hydrogen-bond acceptors (Lipinski definition) is 5. The number of phenols is 1. The average molecular weight is 438 g/mol. The Morgan fingerprint density at radius 3 is 2.47 bits per heavy atom. The van der Waals surface area contributed by atoms with E-state index in [-0.39, 0.29) is 17.8 Å². The minimum atomic E-state index is -1.62. The van der Waals surface area contributed by atoms with Gasteiger partial charge >= 0.3 is 5.97 Å². The molecule has 7 nitrogen and oxygen atoms in total. The van der Waals surface area contributed by atoms with Crippen LogP contribution in [0.15, 0.2) is 59.6 Å². The van der Waals surface area contributed by atoms with Gasteiger partial charge in [0.15, 0.2) is 11.6 Å². The lowest BCUT2D eigenvalue weighted by molar-refractivity contribution is -0.178. The van der Waals surface area contributed by atoms with E-state index in [1.54, 1.807) is 36.4 Å². The zero-order chi connectivity index (χ0) is 22.6. The predicted octanol–water partition coefficient (Wildman–Crippen LogP) is 2.90. The first kappa shape index (κ1) is 22.1. The maximum absolute atomic E-state index is 13.3. The number of phenolic OH excluding ortho intramolecular Hbond substituents is 1. The molecule has 1 heterocycles. The SMILES string of the molecule is NC(=NCc1ccc(O)cc1)N1CC[C@@H](OC(=O)[C@](O)(c2ccccc2)C2CCCC2)C1. The van der Waals surface area contributed by atoms with E-state index in [2.05, 4.69) is 4.99 Å². The second kappa shape index (κ2) is 9.61. The molecule has 0 spiro atoms. The van der Waals surface area contributed by atoms with Crippen LogP contribution in [0.4, 0.5) is 0 Å². The Labute approximate surface area is 188 Å². The molecular formula is C25H31N3O4. The molecule has 0 radical (unpaired) electrons. The molecule has 1 aliphatic carbocycles. The molecule has 4 N–H and O–H groups in total. The number of guanidine groups is 1. The smallest absolute Gasteiger partial charge is 0.343 e. The minimum absolute atomic E-state index is 0.133. The number of carbonyl (C=O) groups excluding carboxylic acids is 1. The number of benzene rings is 2.